The Hall–Kier alpha value is -3.19. The molecule has 2 N–H and O–H groups in total. The van der Waals surface area contributed by atoms with Crippen LogP contribution in [0.4, 0.5) is 16.2 Å². The molecule has 27 heavy (non-hydrogen) atoms. The third kappa shape index (κ3) is 3.83. The number of benzene rings is 1. The first-order valence-electron chi connectivity index (χ1n) is 8.17. The van der Waals surface area contributed by atoms with E-state index in [1.807, 2.05) is 13.0 Å². The van der Waals surface area contributed by atoms with Gasteiger partial charge >= 0.3 is 6.03 Å². The van der Waals surface area contributed by atoms with Crippen molar-refractivity contribution in [1.29, 1.82) is 0 Å². The SMILES string of the molecule is Cc1cnc2c(NC(=O)c3cccnc3Cl)cccc2c1NC(=O)N(C)C. The van der Waals surface area contributed by atoms with Crippen LogP contribution in [-0.2, 0) is 0 Å². The lowest BCUT2D eigenvalue weighted by molar-refractivity contribution is 0.102. The maximum atomic E-state index is 12.6. The van der Waals surface area contributed by atoms with Crippen molar-refractivity contribution in [2.75, 3.05) is 24.7 Å². The number of anilines is 2. The van der Waals surface area contributed by atoms with Crippen LogP contribution in [0.15, 0.2) is 42.7 Å². The second-order valence-electron chi connectivity index (χ2n) is 6.14. The van der Waals surface area contributed by atoms with Gasteiger partial charge in [-0.1, -0.05) is 23.7 Å². The van der Waals surface area contributed by atoms with E-state index in [2.05, 4.69) is 20.6 Å². The third-order valence-electron chi connectivity index (χ3n) is 3.98. The van der Waals surface area contributed by atoms with Crippen molar-refractivity contribution >= 4 is 45.8 Å². The van der Waals surface area contributed by atoms with E-state index >= 15 is 0 Å². The Balaban J connectivity index is 2.02. The van der Waals surface area contributed by atoms with Crippen LogP contribution >= 0.6 is 11.6 Å². The van der Waals surface area contributed by atoms with Crippen molar-refractivity contribution in [3.05, 3.63) is 59.0 Å². The zero-order chi connectivity index (χ0) is 19.6. The molecule has 0 atom stereocenters. The zero-order valence-electron chi connectivity index (χ0n) is 15.1. The van der Waals surface area contributed by atoms with Gasteiger partial charge in [0.05, 0.1) is 22.5 Å². The third-order valence-corrected chi connectivity index (χ3v) is 4.28. The highest BCUT2D eigenvalue weighted by atomic mass is 35.5. The molecule has 3 amide bonds. The van der Waals surface area contributed by atoms with E-state index in [0.717, 1.165) is 10.9 Å². The predicted octanol–water partition coefficient (Wildman–Crippen LogP) is 3.94. The van der Waals surface area contributed by atoms with Crippen molar-refractivity contribution in [2.45, 2.75) is 6.92 Å². The average Bonchev–Trinajstić information content (AvgIpc) is 2.64. The van der Waals surface area contributed by atoms with Crippen molar-refractivity contribution in [2.24, 2.45) is 0 Å². The van der Waals surface area contributed by atoms with Gasteiger partial charge in [-0.15, -0.1) is 0 Å². The molecular formula is C19H18ClN5O2. The van der Waals surface area contributed by atoms with E-state index in [1.54, 1.807) is 44.6 Å². The number of amides is 3. The normalized spacial score (nSPS) is 10.5. The van der Waals surface area contributed by atoms with E-state index in [0.29, 0.717) is 16.9 Å². The Labute approximate surface area is 161 Å². The molecule has 138 valence electrons. The topological polar surface area (TPSA) is 87.2 Å². The van der Waals surface area contributed by atoms with Crippen molar-refractivity contribution in [3.63, 3.8) is 0 Å². The van der Waals surface area contributed by atoms with Gasteiger partial charge in [0, 0.05) is 31.9 Å². The van der Waals surface area contributed by atoms with Gasteiger partial charge in [-0.2, -0.15) is 0 Å². The maximum absolute atomic E-state index is 12.6. The fourth-order valence-electron chi connectivity index (χ4n) is 2.55. The number of aryl methyl sites for hydroxylation is 1. The van der Waals surface area contributed by atoms with Gasteiger partial charge in [0.15, 0.2) is 0 Å². The second kappa shape index (κ2) is 7.59. The van der Waals surface area contributed by atoms with Gasteiger partial charge in [0.1, 0.15) is 5.15 Å². The van der Waals surface area contributed by atoms with Gasteiger partial charge in [-0.05, 0) is 30.7 Å². The average molecular weight is 384 g/mol. The molecule has 0 bridgehead atoms. The van der Waals surface area contributed by atoms with Crippen LogP contribution in [0, 0.1) is 6.92 Å². The smallest absolute Gasteiger partial charge is 0.321 e. The lowest BCUT2D eigenvalue weighted by Gasteiger charge is -2.16. The van der Waals surface area contributed by atoms with Crippen LogP contribution in [0.25, 0.3) is 10.9 Å². The van der Waals surface area contributed by atoms with Crippen LogP contribution < -0.4 is 10.6 Å². The largest absolute Gasteiger partial charge is 0.331 e. The first kappa shape index (κ1) is 18.6. The molecule has 2 heterocycles. The quantitative estimate of drug-likeness (QED) is 0.670. The van der Waals surface area contributed by atoms with Gasteiger partial charge in [0.25, 0.3) is 5.91 Å². The number of para-hydroxylation sites is 1. The number of hydrogen-bond donors (Lipinski definition) is 2. The van der Waals surface area contributed by atoms with Crippen molar-refractivity contribution < 1.29 is 9.59 Å². The summed E-state index contributed by atoms with van der Waals surface area (Å²) >= 11 is 6.00. The van der Waals surface area contributed by atoms with E-state index in [-0.39, 0.29) is 22.7 Å². The summed E-state index contributed by atoms with van der Waals surface area (Å²) in [6.45, 7) is 1.86. The molecule has 0 fully saturated rings. The molecule has 7 nitrogen and oxygen atoms in total. The number of carbonyl (C=O) groups is 2. The molecule has 0 saturated carbocycles. The first-order valence-corrected chi connectivity index (χ1v) is 8.54. The molecule has 3 aromatic rings. The second-order valence-corrected chi connectivity index (χ2v) is 6.50. The van der Waals surface area contributed by atoms with E-state index < -0.39 is 0 Å². The molecule has 1 aromatic carbocycles. The van der Waals surface area contributed by atoms with Crippen LogP contribution in [0.5, 0.6) is 0 Å². The summed E-state index contributed by atoms with van der Waals surface area (Å²) in [5, 5.41) is 6.54. The predicted molar refractivity (Wildman–Crippen MR) is 106 cm³/mol. The minimum atomic E-state index is -0.387. The number of fused-ring (bicyclic) bond motifs is 1. The van der Waals surface area contributed by atoms with Crippen LogP contribution in [-0.4, -0.2) is 40.9 Å². The van der Waals surface area contributed by atoms with E-state index in [4.69, 9.17) is 11.6 Å². The zero-order valence-corrected chi connectivity index (χ0v) is 15.8. The molecule has 8 heteroatoms. The highest BCUT2D eigenvalue weighted by Gasteiger charge is 2.16. The summed E-state index contributed by atoms with van der Waals surface area (Å²) in [6.07, 6.45) is 3.17. The fourth-order valence-corrected chi connectivity index (χ4v) is 2.76. The van der Waals surface area contributed by atoms with Crippen LogP contribution in [0.1, 0.15) is 15.9 Å². The maximum Gasteiger partial charge on any atom is 0.321 e. The summed E-state index contributed by atoms with van der Waals surface area (Å²) < 4.78 is 0. The number of nitrogens with one attached hydrogen (secondary N) is 2. The Bertz CT molecular complexity index is 1040. The Morgan fingerprint density at radius 3 is 2.56 bits per heavy atom. The summed E-state index contributed by atoms with van der Waals surface area (Å²) in [5.41, 5.74) is 2.80. The lowest BCUT2D eigenvalue weighted by Crippen LogP contribution is -2.27. The molecule has 0 saturated heterocycles. The monoisotopic (exact) mass is 383 g/mol. The number of pyridine rings is 2. The Kier molecular flexibility index (Phi) is 5.23. The number of urea groups is 1. The lowest BCUT2D eigenvalue weighted by atomic mass is 10.1. The summed E-state index contributed by atoms with van der Waals surface area (Å²) in [5.74, 6) is -0.387. The highest BCUT2D eigenvalue weighted by Crippen LogP contribution is 2.30. The summed E-state index contributed by atoms with van der Waals surface area (Å²) in [4.78, 5) is 34.5. The molecule has 0 radical (unpaired) electrons. The summed E-state index contributed by atoms with van der Waals surface area (Å²) in [6, 6.07) is 8.35. The van der Waals surface area contributed by atoms with Gasteiger partial charge in [0.2, 0.25) is 0 Å². The van der Waals surface area contributed by atoms with Crippen molar-refractivity contribution in [1.82, 2.24) is 14.9 Å². The number of halogens is 1. The van der Waals surface area contributed by atoms with Crippen LogP contribution in [0.2, 0.25) is 5.15 Å². The molecule has 0 aliphatic heterocycles. The minimum Gasteiger partial charge on any atom is -0.331 e. The molecular weight excluding hydrogens is 366 g/mol. The minimum absolute atomic E-state index is 0.123. The fraction of sp³-hybridized carbons (Fsp3) is 0.158. The number of aromatic nitrogens is 2. The van der Waals surface area contributed by atoms with Gasteiger partial charge < -0.3 is 15.5 Å². The molecule has 0 aliphatic carbocycles. The van der Waals surface area contributed by atoms with E-state index in [9.17, 15) is 9.59 Å². The molecule has 0 spiro atoms. The molecule has 3 rings (SSSR count). The van der Waals surface area contributed by atoms with Crippen LogP contribution in [0.3, 0.4) is 0 Å². The van der Waals surface area contributed by atoms with Gasteiger partial charge in [-0.25, -0.2) is 9.78 Å². The highest BCUT2D eigenvalue weighted by molar-refractivity contribution is 6.33. The Morgan fingerprint density at radius 2 is 1.85 bits per heavy atom. The number of hydrogen-bond acceptors (Lipinski definition) is 4. The van der Waals surface area contributed by atoms with Gasteiger partial charge in [-0.3, -0.25) is 9.78 Å². The standard InChI is InChI=1S/C19H18ClN5O2/c1-11-10-22-16-12(15(11)24-19(27)25(2)3)6-4-8-14(16)23-18(26)13-7-5-9-21-17(13)20/h4-10H,1-3H3,(H,23,26)(H,22,24,27). The Morgan fingerprint density at radius 1 is 1.07 bits per heavy atom. The molecule has 2 aromatic heterocycles. The summed E-state index contributed by atoms with van der Waals surface area (Å²) in [7, 11) is 3.33. The van der Waals surface area contributed by atoms with Crippen molar-refractivity contribution in [3.8, 4) is 0 Å². The number of rotatable bonds is 3. The number of carbonyl (C=O) groups excluding carboxylic acids is 2. The number of nitrogens with zero attached hydrogens (tertiary/aromatic N) is 3. The first-order chi connectivity index (χ1) is 12.9. The van der Waals surface area contributed by atoms with E-state index in [1.165, 1.54) is 11.1 Å². The molecule has 0 aliphatic rings. The molecule has 0 unspecified atom stereocenters.